The molecule has 0 bridgehead atoms. The first-order chi connectivity index (χ1) is 10.7. The van der Waals surface area contributed by atoms with Crippen LogP contribution in [0.15, 0.2) is 61.2 Å². The van der Waals surface area contributed by atoms with Crippen LogP contribution in [0.5, 0.6) is 11.5 Å². The van der Waals surface area contributed by atoms with Gasteiger partial charge in [0.05, 0.1) is 0 Å². The summed E-state index contributed by atoms with van der Waals surface area (Å²) in [5, 5.41) is 5.36. The number of halogens is 1. The fourth-order valence-corrected chi connectivity index (χ4v) is 1.77. The number of hydrogen-bond acceptors (Lipinski definition) is 2. The van der Waals surface area contributed by atoms with E-state index in [0.717, 1.165) is 5.56 Å². The molecular formula is C17H17FN2O2. The Balaban J connectivity index is 1.93. The topological polar surface area (TPSA) is 50.4 Å². The van der Waals surface area contributed by atoms with Gasteiger partial charge in [-0.3, -0.25) is 0 Å². The van der Waals surface area contributed by atoms with E-state index in [-0.39, 0.29) is 11.8 Å². The molecule has 2 N–H and O–H groups in total. The van der Waals surface area contributed by atoms with Crippen LogP contribution in [0, 0.1) is 5.82 Å². The molecule has 2 amide bonds. The number of carbonyl (C=O) groups is 1. The van der Waals surface area contributed by atoms with Gasteiger partial charge in [0.15, 0.2) is 0 Å². The van der Waals surface area contributed by atoms with E-state index in [2.05, 4.69) is 17.2 Å². The van der Waals surface area contributed by atoms with Crippen LogP contribution in [-0.4, -0.2) is 12.6 Å². The van der Waals surface area contributed by atoms with Crippen molar-refractivity contribution >= 4 is 6.03 Å². The van der Waals surface area contributed by atoms with Gasteiger partial charge in [-0.1, -0.05) is 18.2 Å². The molecule has 0 aliphatic rings. The van der Waals surface area contributed by atoms with Crippen LogP contribution in [0.4, 0.5) is 9.18 Å². The summed E-state index contributed by atoms with van der Waals surface area (Å²) in [7, 11) is 0. The Hall–Kier alpha value is -2.82. The first-order valence-electron chi connectivity index (χ1n) is 6.82. The van der Waals surface area contributed by atoms with Crippen molar-refractivity contribution in [1.82, 2.24) is 10.6 Å². The van der Waals surface area contributed by atoms with Crippen LogP contribution in [0.1, 0.15) is 5.56 Å². The minimum absolute atomic E-state index is 0.259. The molecule has 22 heavy (non-hydrogen) atoms. The molecular weight excluding hydrogens is 283 g/mol. The van der Waals surface area contributed by atoms with E-state index in [1.807, 2.05) is 18.2 Å². The van der Waals surface area contributed by atoms with Gasteiger partial charge in [0, 0.05) is 13.1 Å². The lowest BCUT2D eigenvalue weighted by atomic mass is 10.2. The van der Waals surface area contributed by atoms with Crippen molar-refractivity contribution in [2.45, 2.75) is 6.54 Å². The van der Waals surface area contributed by atoms with Gasteiger partial charge in [-0.2, -0.15) is 0 Å². The quantitative estimate of drug-likeness (QED) is 0.801. The molecule has 114 valence electrons. The summed E-state index contributed by atoms with van der Waals surface area (Å²) < 4.78 is 18.5. The van der Waals surface area contributed by atoms with Crippen LogP contribution < -0.4 is 15.4 Å². The van der Waals surface area contributed by atoms with Crippen LogP contribution in [-0.2, 0) is 6.54 Å². The largest absolute Gasteiger partial charge is 0.457 e. The molecule has 0 atom stereocenters. The number of benzene rings is 2. The number of urea groups is 1. The monoisotopic (exact) mass is 300 g/mol. The number of ether oxygens (including phenoxy) is 1. The highest BCUT2D eigenvalue weighted by atomic mass is 19.1. The average molecular weight is 300 g/mol. The van der Waals surface area contributed by atoms with E-state index in [4.69, 9.17) is 4.74 Å². The molecule has 2 aromatic rings. The van der Waals surface area contributed by atoms with Gasteiger partial charge < -0.3 is 15.4 Å². The predicted octanol–water partition coefficient (Wildman–Crippen LogP) is 3.60. The average Bonchev–Trinajstić information content (AvgIpc) is 2.53. The molecule has 0 saturated heterocycles. The lowest BCUT2D eigenvalue weighted by Gasteiger charge is -2.09. The molecule has 0 fully saturated rings. The van der Waals surface area contributed by atoms with Gasteiger partial charge in [-0.25, -0.2) is 9.18 Å². The summed E-state index contributed by atoms with van der Waals surface area (Å²) in [4.78, 5) is 11.4. The summed E-state index contributed by atoms with van der Waals surface area (Å²) in [6.45, 7) is 4.32. The summed E-state index contributed by atoms with van der Waals surface area (Å²) in [5.41, 5.74) is 0.897. The predicted molar refractivity (Wildman–Crippen MR) is 83.4 cm³/mol. The summed E-state index contributed by atoms with van der Waals surface area (Å²) in [5.74, 6) is 0.864. The van der Waals surface area contributed by atoms with Crippen LogP contribution in [0.2, 0.25) is 0 Å². The van der Waals surface area contributed by atoms with E-state index in [9.17, 15) is 9.18 Å². The number of amides is 2. The molecule has 2 rings (SSSR count). The third-order valence-corrected chi connectivity index (χ3v) is 2.81. The number of carbonyl (C=O) groups excluding carboxylic acids is 1. The highest BCUT2D eigenvalue weighted by Gasteiger charge is 2.02. The van der Waals surface area contributed by atoms with Crippen molar-refractivity contribution in [3.63, 3.8) is 0 Å². The minimum atomic E-state index is -0.309. The Morgan fingerprint density at radius 1 is 1.14 bits per heavy atom. The second-order valence-corrected chi connectivity index (χ2v) is 4.56. The van der Waals surface area contributed by atoms with Gasteiger partial charge in [-0.05, 0) is 42.0 Å². The van der Waals surface area contributed by atoms with E-state index >= 15 is 0 Å². The van der Waals surface area contributed by atoms with E-state index in [0.29, 0.717) is 24.6 Å². The second-order valence-electron chi connectivity index (χ2n) is 4.56. The zero-order valence-corrected chi connectivity index (χ0v) is 12.0. The molecule has 2 aromatic carbocycles. The molecule has 5 heteroatoms. The standard InChI is InChI=1S/C17H17FN2O2/c1-2-10-19-17(21)20-12-13-4-3-5-16(11-13)22-15-8-6-14(18)7-9-15/h2-9,11H,1,10,12H2,(H2,19,20,21). The van der Waals surface area contributed by atoms with Crippen molar-refractivity contribution < 1.29 is 13.9 Å². The lowest BCUT2D eigenvalue weighted by molar-refractivity contribution is 0.241. The fourth-order valence-electron chi connectivity index (χ4n) is 1.77. The third kappa shape index (κ3) is 4.94. The number of rotatable bonds is 6. The van der Waals surface area contributed by atoms with E-state index in [1.54, 1.807) is 24.3 Å². The zero-order chi connectivity index (χ0) is 15.8. The van der Waals surface area contributed by atoms with E-state index < -0.39 is 0 Å². The van der Waals surface area contributed by atoms with Gasteiger partial charge in [-0.15, -0.1) is 6.58 Å². The van der Waals surface area contributed by atoms with Crippen LogP contribution in [0.25, 0.3) is 0 Å². The maximum absolute atomic E-state index is 12.8. The Bertz CT molecular complexity index is 641. The molecule has 0 heterocycles. The summed E-state index contributed by atoms with van der Waals surface area (Å²) in [6.07, 6.45) is 1.61. The number of hydrogen-bond donors (Lipinski definition) is 2. The number of nitrogens with one attached hydrogen (secondary N) is 2. The third-order valence-electron chi connectivity index (χ3n) is 2.81. The van der Waals surface area contributed by atoms with Crippen molar-refractivity contribution in [3.05, 3.63) is 72.6 Å². The van der Waals surface area contributed by atoms with Crippen LogP contribution in [0.3, 0.4) is 0 Å². The normalized spacial score (nSPS) is 9.86. The molecule has 0 unspecified atom stereocenters. The molecule has 4 nitrogen and oxygen atoms in total. The minimum Gasteiger partial charge on any atom is -0.457 e. The molecule has 0 saturated carbocycles. The lowest BCUT2D eigenvalue weighted by Crippen LogP contribution is -2.34. The molecule has 0 radical (unpaired) electrons. The molecule has 0 spiro atoms. The SMILES string of the molecule is C=CCNC(=O)NCc1cccc(Oc2ccc(F)cc2)c1. The van der Waals surface area contributed by atoms with Crippen molar-refractivity contribution in [3.8, 4) is 11.5 Å². The maximum Gasteiger partial charge on any atom is 0.315 e. The summed E-state index contributed by atoms with van der Waals surface area (Å²) >= 11 is 0. The van der Waals surface area contributed by atoms with Crippen LogP contribution >= 0.6 is 0 Å². The zero-order valence-electron chi connectivity index (χ0n) is 12.0. The van der Waals surface area contributed by atoms with E-state index in [1.165, 1.54) is 12.1 Å². The first-order valence-corrected chi connectivity index (χ1v) is 6.82. The second kappa shape index (κ2) is 7.83. The maximum atomic E-state index is 12.8. The van der Waals surface area contributed by atoms with Crippen molar-refractivity contribution in [2.75, 3.05) is 6.54 Å². The van der Waals surface area contributed by atoms with Gasteiger partial charge in [0.2, 0.25) is 0 Å². The fraction of sp³-hybridized carbons (Fsp3) is 0.118. The van der Waals surface area contributed by atoms with Crippen molar-refractivity contribution in [2.24, 2.45) is 0 Å². The molecule has 0 aliphatic heterocycles. The Kier molecular flexibility index (Phi) is 5.54. The Labute approximate surface area is 128 Å². The molecule has 0 aliphatic carbocycles. The highest BCUT2D eigenvalue weighted by molar-refractivity contribution is 5.73. The summed E-state index contributed by atoms with van der Waals surface area (Å²) in [6, 6.07) is 12.9. The Morgan fingerprint density at radius 3 is 2.64 bits per heavy atom. The van der Waals surface area contributed by atoms with Gasteiger partial charge >= 0.3 is 6.03 Å². The molecule has 0 aromatic heterocycles. The van der Waals surface area contributed by atoms with Gasteiger partial charge in [0.1, 0.15) is 17.3 Å². The highest BCUT2D eigenvalue weighted by Crippen LogP contribution is 2.22. The van der Waals surface area contributed by atoms with Gasteiger partial charge in [0.25, 0.3) is 0 Å². The Morgan fingerprint density at radius 2 is 1.91 bits per heavy atom. The smallest absolute Gasteiger partial charge is 0.315 e. The van der Waals surface area contributed by atoms with Crippen molar-refractivity contribution in [1.29, 1.82) is 0 Å². The first kappa shape index (κ1) is 15.6.